The number of hydrogen-bond donors (Lipinski definition) is 1. The quantitative estimate of drug-likeness (QED) is 0.768. The summed E-state index contributed by atoms with van der Waals surface area (Å²) in [5.41, 5.74) is 2.82. The minimum Gasteiger partial charge on any atom is -0.376 e. The Balaban J connectivity index is 1.81. The van der Waals surface area contributed by atoms with Gasteiger partial charge in [0.05, 0.1) is 17.7 Å². The van der Waals surface area contributed by atoms with Gasteiger partial charge < -0.3 is 10.1 Å². The first-order chi connectivity index (χ1) is 13.7. The van der Waals surface area contributed by atoms with Crippen LogP contribution in [0.15, 0.2) is 0 Å². The molecule has 2 aliphatic rings. The van der Waals surface area contributed by atoms with E-state index >= 15 is 0 Å². The number of fused-ring (bicyclic) bond motifs is 1. The van der Waals surface area contributed by atoms with E-state index < -0.39 is 5.92 Å². The fraction of sp³-hybridized carbons (Fsp3) is 0.864. The lowest BCUT2D eigenvalue weighted by atomic mass is 9.85. The summed E-state index contributed by atoms with van der Waals surface area (Å²) in [6.45, 7) is 7.30. The molecule has 1 unspecified atom stereocenters. The third-order valence-corrected chi connectivity index (χ3v) is 6.32. The molecule has 0 spiro atoms. The Kier molecular flexibility index (Phi) is 7.33. The summed E-state index contributed by atoms with van der Waals surface area (Å²) in [6.07, 6.45) is 6.08. The smallest absolute Gasteiger partial charge is 0.272 e. The molecule has 1 aromatic heterocycles. The van der Waals surface area contributed by atoms with Crippen molar-refractivity contribution in [2.24, 2.45) is 0 Å². The molecule has 1 saturated heterocycles. The number of rotatable bonds is 6. The second kappa shape index (κ2) is 9.40. The zero-order valence-electron chi connectivity index (χ0n) is 18.6. The second-order valence-corrected chi connectivity index (χ2v) is 9.53. The first-order valence-electron chi connectivity index (χ1n) is 11.1. The third kappa shape index (κ3) is 5.98. The number of aromatic nitrogens is 2. The van der Waals surface area contributed by atoms with Crippen LogP contribution in [0.1, 0.15) is 75.2 Å². The van der Waals surface area contributed by atoms with Crippen LogP contribution in [0.3, 0.4) is 0 Å². The number of ether oxygens (including phenoxy) is 1. The average Bonchev–Trinajstić information content (AvgIpc) is 3.09. The number of nitrogens with zero attached hydrogens (tertiary/aromatic N) is 3. The molecule has 1 N–H and O–H groups in total. The van der Waals surface area contributed by atoms with Crippen molar-refractivity contribution in [1.82, 2.24) is 20.0 Å². The van der Waals surface area contributed by atoms with Crippen LogP contribution in [0.4, 0.5) is 8.78 Å². The summed E-state index contributed by atoms with van der Waals surface area (Å²) < 4.78 is 35.9. The highest BCUT2D eigenvalue weighted by Crippen LogP contribution is 2.40. The van der Waals surface area contributed by atoms with Gasteiger partial charge in [-0.25, -0.2) is 8.78 Å². The molecule has 2 aliphatic heterocycles. The molecule has 3 rings (SSSR count). The lowest BCUT2D eigenvalue weighted by molar-refractivity contribution is -0.0289. The molecule has 0 amide bonds. The summed E-state index contributed by atoms with van der Waals surface area (Å²) in [5, 5.41) is 7.84. The second-order valence-electron chi connectivity index (χ2n) is 9.53. The van der Waals surface area contributed by atoms with Gasteiger partial charge in [-0.05, 0) is 59.5 Å². The monoisotopic (exact) mass is 412 g/mol. The third-order valence-electron chi connectivity index (χ3n) is 6.32. The molecule has 1 fully saturated rings. The fourth-order valence-electron chi connectivity index (χ4n) is 4.75. The Morgan fingerprint density at radius 3 is 2.76 bits per heavy atom. The number of nitrogens with one attached hydrogen (secondary N) is 1. The zero-order valence-corrected chi connectivity index (χ0v) is 18.6. The predicted octanol–water partition coefficient (Wildman–Crippen LogP) is 3.96. The van der Waals surface area contributed by atoms with E-state index in [2.05, 4.69) is 36.2 Å². The topological polar surface area (TPSA) is 42.3 Å². The van der Waals surface area contributed by atoms with Gasteiger partial charge in [0, 0.05) is 37.5 Å². The summed E-state index contributed by atoms with van der Waals surface area (Å²) in [4.78, 5) is 2.22. The Hall–Kier alpha value is -1.05. The van der Waals surface area contributed by atoms with Gasteiger partial charge in [0.25, 0.3) is 5.92 Å². The van der Waals surface area contributed by atoms with Crippen molar-refractivity contribution in [3.63, 3.8) is 0 Å². The molecule has 3 heterocycles. The Morgan fingerprint density at radius 1 is 1.24 bits per heavy atom. The van der Waals surface area contributed by atoms with Gasteiger partial charge >= 0.3 is 0 Å². The average molecular weight is 413 g/mol. The number of alkyl halides is 2. The van der Waals surface area contributed by atoms with Crippen LogP contribution in [0.2, 0.25) is 0 Å². The molecule has 0 aliphatic carbocycles. The van der Waals surface area contributed by atoms with E-state index in [1.807, 2.05) is 7.05 Å². The zero-order chi connectivity index (χ0) is 21.1. The summed E-state index contributed by atoms with van der Waals surface area (Å²) in [6, 6.07) is 0. The molecular weight excluding hydrogens is 374 g/mol. The van der Waals surface area contributed by atoms with Gasteiger partial charge in [-0.1, -0.05) is 12.8 Å². The maximum atomic E-state index is 14.1. The van der Waals surface area contributed by atoms with Crippen molar-refractivity contribution in [1.29, 1.82) is 0 Å². The van der Waals surface area contributed by atoms with E-state index in [1.165, 1.54) is 0 Å². The first-order valence-corrected chi connectivity index (χ1v) is 11.1. The molecular formula is C22H38F2N4O. The summed E-state index contributed by atoms with van der Waals surface area (Å²) in [7, 11) is 4.01. The van der Waals surface area contributed by atoms with Gasteiger partial charge in [-0.2, -0.15) is 5.10 Å². The van der Waals surface area contributed by atoms with Crippen molar-refractivity contribution >= 4 is 0 Å². The van der Waals surface area contributed by atoms with Gasteiger partial charge in [-0.15, -0.1) is 0 Å². The minimum atomic E-state index is -2.67. The summed E-state index contributed by atoms with van der Waals surface area (Å²) >= 11 is 0. The molecule has 0 saturated carbocycles. The van der Waals surface area contributed by atoms with E-state index in [0.29, 0.717) is 12.5 Å². The molecule has 5 nitrogen and oxygen atoms in total. The fourth-order valence-corrected chi connectivity index (χ4v) is 4.75. The van der Waals surface area contributed by atoms with Gasteiger partial charge in [-0.3, -0.25) is 9.58 Å². The molecule has 1 atom stereocenters. The standard InChI is InChI=1S/C22H38F2N4O/c1-21(2)10-6-5-8-17(9-7-13-29-21)20-18(15-27(4)12-11-25-3)26-28-16-22(23,24)14-19(20)28/h17,25H,5-16H2,1-4H3. The Bertz CT molecular complexity index is 660. The lowest BCUT2D eigenvalue weighted by Gasteiger charge is -2.28. The van der Waals surface area contributed by atoms with Crippen LogP contribution >= 0.6 is 0 Å². The highest BCUT2D eigenvalue weighted by Gasteiger charge is 2.42. The van der Waals surface area contributed by atoms with Crippen molar-refractivity contribution in [3.8, 4) is 0 Å². The lowest BCUT2D eigenvalue weighted by Crippen LogP contribution is -2.28. The Labute approximate surface area is 174 Å². The van der Waals surface area contributed by atoms with E-state index in [1.54, 1.807) is 4.68 Å². The number of hydrogen-bond acceptors (Lipinski definition) is 4. The summed E-state index contributed by atoms with van der Waals surface area (Å²) in [5.74, 6) is -2.37. The normalized spacial score (nSPS) is 24.6. The molecule has 166 valence electrons. The molecule has 7 heteroatoms. The molecule has 29 heavy (non-hydrogen) atoms. The van der Waals surface area contributed by atoms with Crippen molar-refractivity contribution in [2.45, 2.75) is 89.3 Å². The largest absolute Gasteiger partial charge is 0.376 e. The maximum Gasteiger partial charge on any atom is 0.272 e. The van der Waals surface area contributed by atoms with Crippen LogP contribution in [-0.4, -0.2) is 60.0 Å². The van der Waals surface area contributed by atoms with Crippen LogP contribution in [0, 0.1) is 0 Å². The molecule has 0 aromatic carbocycles. The molecule has 1 aromatic rings. The van der Waals surface area contributed by atoms with E-state index in [0.717, 1.165) is 75.2 Å². The van der Waals surface area contributed by atoms with E-state index in [9.17, 15) is 8.78 Å². The van der Waals surface area contributed by atoms with Crippen LogP contribution in [0.25, 0.3) is 0 Å². The van der Waals surface area contributed by atoms with Gasteiger partial charge in [0.15, 0.2) is 0 Å². The Morgan fingerprint density at radius 2 is 2.00 bits per heavy atom. The minimum absolute atomic E-state index is 0.0605. The van der Waals surface area contributed by atoms with Crippen molar-refractivity contribution in [3.05, 3.63) is 17.0 Å². The molecule has 0 radical (unpaired) electrons. The highest BCUT2D eigenvalue weighted by molar-refractivity contribution is 5.33. The predicted molar refractivity (Wildman–Crippen MR) is 112 cm³/mol. The first kappa shape index (κ1) is 22.6. The van der Waals surface area contributed by atoms with Crippen LogP contribution < -0.4 is 5.32 Å². The van der Waals surface area contributed by atoms with Crippen LogP contribution in [-0.2, 0) is 24.2 Å². The highest BCUT2D eigenvalue weighted by atomic mass is 19.3. The van der Waals surface area contributed by atoms with E-state index in [-0.39, 0.29) is 18.6 Å². The van der Waals surface area contributed by atoms with E-state index in [4.69, 9.17) is 4.74 Å². The number of halogens is 2. The van der Waals surface area contributed by atoms with Gasteiger partial charge in [0.1, 0.15) is 6.54 Å². The molecule has 0 bridgehead atoms. The number of likely N-dealkylation sites (N-methyl/N-ethyl adjacent to an activating group) is 2. The van der Waals surface area contributed by atoms with Crippen LogP contribution in [0.5, 0.6) is 0 Å². The SMILES string of the molecule is CNCCN(C)Cc1nn2c(c1C1CCCCC(C)(C)OCCC1)CC(F)(F)C2. The van der Waals surface area contributed by atoms with Crippen molar-refractivity contribution in [2.75, 3.05) is 33.8 Å². The maximum absolute atomic E-state index is 14.1. The van der Waals surface area contributed by atoms with Crippen molar-refractivity contribution < 1.29 is 13.5 Å². The van der Waals surface area contributed by atoms with Gasteiger partial charge in [0.2, 0.25) is 0 Å².